The molecule has 24 heavy (non-hydrogen) atoms. The third kappa shape index (κ3) is 4.41. The molecule has 0 aliphatic carbocycles. The summed E-state index contributed by atoms with van der Waals surface area (Å²) in [6, 6.07) is 6.87. The van der Waals surface area contributed by atoms with Crippen LogP contribution in [-0.2, 0) is 20.9 Å². The number of carbonyl (C=O) groups excluding carboxylic acids is 2. The zero-order chi connectivity index (χ0) is 17.7. The highest BCUT2D eigenvalue weighted by Crippen LogP contribution is 2.04. The fraction of sp³-hybridized carbons (Fsp3) is 0.412. The Balaban J connectivity index is 1.94. The van der Waals surface area contributed by atoms with Gasteiger partial charge < -0.3 is 10.1 Å². The van der Waals surface area contributed by atoms with E-state index in [2.05, 4.69) is 10.3 Å². The molecular weight excluding hydrogens is 310 g/mol. The molecule has 0 saturated heterocycles. The number of aromatic nitrogens is 2. The van der Waals surface area contributed by atoms with Gasteiger partial charge in [0.05, 0.1) is 17.2 Å². The largest absolute Gasteiger partial charge is 0.454 e. The summed E-state index contributed by atoms with van der Waals surface area (Å²) in [7, 11) is 0. The van der Waals surface area contributed by atoms with Gasteiger partial charge in [-0.3, -0.25) is 19.0 Å². The second kappa shape index (κ2) is 7.72. The first-order chi connectivity index (χ1) is 11.4. The highest BCUT2D eigenvalue weighted by Gasteiger charge is 2.14. The summed E-state index contributed by atoms with van der Waals surface area (Å²) in [5.41, 5.74) is 0.240. The smallest absolute Gasteiger partial charge is 0.326 e. The van der Waals surface area contributed by atoms with Gasteiger partial charge in [-0.1, -0.05) is 26.0 Å². The Kier molecular flexibility index (Phi) is 5.68. The lowest BCUT2D eigenvalue weighted by molar-refractivity contribution is -0.149. The predicted molar refractivity (Wildman–Crippen MR) is 89.4 cm³/mol. The molecule has 0 radical (unpaired) electrons. The molecule has 1 heterocycles. The summed E-state index contributed by atoms with van der Waals surface area (Å²) in [6.45, 7) is 5.19. The second-order valence-electron chi connectivity index (χ2n) is 5.96. The van der Waals surface area contributed by atoms with E-state index in [9.17, 15) is 14.4 Å². The first-order valence-corrected chi connectivity index (χ1v) is 7.77. The van der Waals surface area contributed by atoms with Crippen LogP contribution in [0.15, 0.2) is 35.4 Å². The number of amides is 1. The first-order valence-electron chi connectivity index (χ1n) is 7.77. The van der Waals surface area contributed by atoms with E-state index in [1.165, 1.54) is 10.9 Å². The van der Waals surface area contributed by atoms with Gasteiger partial charge in [-0.25, -0.2) is 4.98 Å². The van der Waals surface area contributed by atoms with Gasteiger partial charge in [0.2, 0.25) is 0 Å². The summed E-state index contributed by atoms with van der Waals surface area (Å²) < 4.78 is 6.08. The molecule has 0 aliphatic heterocycles. The van der Waals surface area contributed by atoms with Crippen LogP contribution in [0.1, 0.15) is 20.8 Å². The fourth-order valence-corrected chi connectivity index (χ4v) is 2.01. The number of rotatable bonds is 6. The maximum Gasteiger partial charge on any atom is 0.326 e. The summed E-state index contributed by atoms with van der Waals surface area (Å²) >= 11 is 0. The lowest BCUT2D eigenvalue weighted by Crippen LogP contribution is -2.39. The minimum Gasteiger partial charge on any atom is -0.454 e. The van der Waals surface area contributed by atoms with Crippen molar-refractivity contribution in [2.45, 2.75) is 33.4 Å². The summed E-state index contributed by atoms with van der Waals surface area (Å²) in [5.74, 6) is -0.748. The zero-order valence-corrected chi connectivity index (χ0v) is 14.0. The highest BCUT2D eigenvalue weighted by molar-refractivity contribution is 5.81. The molecule has 1 aromatic heterocycles. The Bertz CT molecular complexity index is 798. The topological polar surface area (TPSA) is 90.3 Å². The van der Waals surface area contributed by atoms with Gasteiger partial charge in [0.15, 0.2) is 6.61 Å². The standard InChI is InChI=1S/C17H21N3O4/c1-11(2)12(3)19-15(21)9-24-16(22)8-20-10-18-14-7-5-4-6-13(14)17(20)23/h4-7,10-12H,8-9H2,1-3H3,(H,19,21)/t12-/m1/s1. The van der Waals surface area contributed by atoms with Gasteiger partial charge >= 0.3 is 5.97 Å². The number of nitrogens with zero attached hydrogens (tertiary/aromatic N) is 2. The summed E-state index contributed by atoms with van der Waals surface area (Å²) in [6.07, 6.45) is 1.30. The minimum atomic E-state index is -0.665. The number of benzene rings is 1. The minimum absolute atomic E-state index is 0.0106. The van der Waals surface area contributed by atoms with Crippen molar-refractivity contribution in [3.63, 3.8) is 0 Å². The summed E-state index contributed by atoms with van der Waals surface area (Å²) in [4.78, 5) is 39.9. The molecule has 2 aromatic rings. The number of carbonyl (C=O) groups is 2. The maximum atomic E-state index is 12.3. The van der Waals surface area contributed by atoms with Crippen molar-refractivity contribution in [2.75, 3.05) is 6.61 Å². The number of ether oxygens (including phenoxy) is 1. The molecule has 0 unspecified atom stereocenters. The van der Waals surface area contributed by atoms with E-state index in [0.717, 1.165) is 0 Å². The molecule has 128 valence electrons. The van der Waals surface area contributed by atoms with Crippen molar-refractivity contribution < 1.29 is 14.3 Å². The van der Waals surface area contributed by atoms with E-state index >= 15 is 0 Å². The zero-order valence-electron chi connectivity index (χ0n) is 14.0. The van der Waals surface area contributed by atoms with Crippen LogP contribution in [0.5, 0.6) is 0 Å². The Morgan fingerprint density at radius 3 is 2.67 bits per heavy atom. The van der Waals surface area contributed by atoms with Crippen molar-refractivity contribution in [2.24, 2.45) is 5.92 Å². The van der Waals surface area contributed by atoms with E-state index in [0.29, 0.717) is 10.9 Å². The van der Waals surface area contributed by atoms with E-state index < -0.39 is 5.97 Å². The van der Waals surface area contributed by atoms with Gasteiger partial charge in [-0.2, -0.15) is 0 Å². The molecule has 0 fully saturated rings. The van der Waals surface area contributed by atoms with Crippen molar-refractivity contribution >= 4 is 22.8 Å². The highest BCUT2D eigenvalue weighted by atomic mass is 16.5. The van der Waals surface area contributed by atoms with E-state index in [1.807, 2.05) is 20.8 Å². The van der Waals surface area contributed by atoms with E-state index in [-0.39, 0.29) is 36.6 Å². The van der Waals surface area contributed by atoms with Crippen molar-refractivity contribution in [1.82, 2.24) is 14.9 Å². The molecule has 1 atom stereocenters. The molecule has 0 spiro atoms. The van der Waals surface area contributed by atoms with E-state index in [1.54, 1.807) is 24.3 Å². The third-order valence-electron chi connectivity index (χ3n) is 3.78. The fourth-order valence-electron chi connectivity index (χ4n) is 2.01. The molecule has 1 aromatic carbocycles. The Morgan fingerprint density at radius 1 is 1.25 bits per heavy atom. The Labute approximate surface area is 139 Å². The van der Waals surface area contributed by atoms with Gasteiger partial charge in [-0.15, -0.1) is 0 Å². The number of esters is 1. The lowest BCUT2D eigenvalue weighted by Gasteiger charge is -2.17. The van der Waals surface area contributed by atoms with Crippen LogP contribution in [0.2, 0.25) is 0 Å². The molecule has 2 rings (SSSR count). The Morgan fingerprint density at radius 2 is 1.96 bits per heavy atom. The molecule has 1 N–H and O–H groups in total. The monoisotopic (exact) mass is 331 g/mol. The number of nitrogens with one attached hydrogen (secondary N) is 1. The van der Waals surface area contributed by atoms with Crippen LogP contribution < -0.4 is 10.9 Å². The van der Waals surface area contributed by atoms with Crippen LogP contribution >= 0.6 is 0 Å². The Hall–Kier alpha value is -2.70. The van der Waals surface area contributed by atoms with Crippen LogP contribution in [-0.4, -0.2) is 34.1 Å². The molecule has 0 bridgehead atoms. The van der Waals surface area contributed by atoms with Gasteiger partial charge in [-0.05, 0) is 25.0 Å². The average Bonchev–Trinajstić information content (AvgIpc) is 2.55. The average molecular weight is 331 g/mol. The van der Waals surface area contributed by atoms with Crippen molar-refractivity contribution in [3.8, 4) is 0 Å². The number of para-hydroxylation sites is 1. The van der Waals surface area contributed by atoms with E-state index in [4.69, 9.17) is 4.74 Å². The molecule has 7 nitrogen and oxygen atoms in total. The molecular formula is C17H21N3O4. The molecule has 7 heteroatoms. The van der Waals surface area contributed by atoms with Crippen LogP contribution in [0.4, 0.5) is 0 Å². The van der Waals surface area contributed by atoms with Gasteiger partial charge in [0.1, 0.15) is 6.54 Å². The second-order valence-corrected chi connectivity index (χ2v) is 5.96. The predicted octanol–water partition coefficient (Wildman–Crippen LogP) is 1.10. The van der Waals surface area contributed by atoms with Gasteiger partial charge in [0.25, 0.3) is 11.5 Å². The lowest BCUT2D eigenvalue weighted by atomic mass is 10.1. The maximum absolute atomic E-state index is 12.3. The van der Waals surface area contributed by atoms with Crippen LogP contribution in [0, 0.1) is 5.92 Å². The molecule has 0 saturated carbocycles. The quantitative estimate of drug-likeness (QED) is 0.801. The first kappa shape index (κ1) is 17.7. The molecule has 0 aliphatic rings. The summed E-state index contributed by atoms with van der Waals surface area (Å²) in [5, 5.41) is 3.16. The normalized spacial score (nSPS) is 12.2. The third-order valence-corrected chi connectivity index (χ3v) is 3.78. The number of hydrogen-bond donors (Lipinski definition) is 1. The number of hydrogen-bond acceptors (Lipinski definition) is 5. The van der Waals surface area contributed by atoms with Gasteiger partial charge in [0, 0.05) is 6.04 Å². The number of fused-ring (bicyclic) bond motifs is 1. The van der Waals surface area contributed by atoms with Crippen LogP contribution in [0.25, 0.3) is 10.9 Å². The van der Waals surface area contributed by atoms with Crippen LogP contribution in [0.3, 0.4) is 0 Å². The van der Waals surface area contributed by atoms with Crippen molar-refractivity contribution in [1.29, 1.82) is 0 Å². The SMILES string of the molecule is CC(C)[C@@H](C)NC(=O)COC(=O)Cn1cnc2ccccc2c1=O. The van der Waals surface area contributed by atoms with Crippen molar-refractivity contribution in [3.05, 3.63) is 40.9 Å². The molecule has 1 amide bonds.